The second-order valence-electron chi connectivity index (χ2n) is 8.11. The van der Waals surface area contributed by atoms with Crippen LogP contribution in [0.25, 0.3) is 27.9 Å². The molecule has 2 N–H and O–H groups in total. The van der Waals surface area contributed by atoms with Crippen LogP contribution in [0.3, 0.4) is 0 Å². The Bertz CT molecular complexity index is 1460. The van der Waals surface area contributed by atoms with E-state index in [1.165, 1.54) is 0 Å². The lowest BCUT2D eigenvalue weighted by Crippen LogP contribution is -2.37. The number of anilines is 2. The minimum absolute atomic E-state index is 0.425. The third kappa shape index (κ3) is 3.83. The highest BCUT2D eigenvalue weighted by atomic mass is 35.5. The number of rotatable bonds is 5. The van der Waals surface area contributed by atoms with Crippen LogP contribution in [0.1, 0.15) is 5.82 Å². The van der Waals surface area contributed by atoms with Crippen molar-refractivity contribution >= 4 is 51.5 Å². The quantitative estimate of drug-likeness (QED) is 0.381. The largest absolute Gasteiger partial charge is 0.378 e. The van der Waals surface area contributed by atoms with Gasteiger partial charge in [0.1, 0.15) is 11.6 Å². The highest BCUT2D eigenvalue weighted by Gasteiger charge is 2.19. The van der Waals surface area contributed by atoms with E-state index < -0.39 is 0 Å². The van der Waals surface area contributed by atoms with Gasteiger partial charge in [-0.1, -0.05) is 23.2 Å². The molecule has 174 valence electrons. The van der Waals surface area contributed by atoms with Crippen LogP contribution >= 0.6 is 23.2 Å². The predicted octanol–water partition coefficient (Wildman–Crippen LogP) is 3.76. The zero-order valence-corrected chi connectivity index (χ0v) is 19.8. The van der Waals surface area contributed by atoms with Crippen LogP contribution in [-0.2, 0) is 18.3 Å². The normalized spacial score (nSPS) is 14.4. The molecule has 5 aromatic rings. The van der Waals surface area contributed by atoms with Crippen molar-refractivity contribution in [3.05, 3.63) is 52.8 Å². The van der Waals surface area contributed by atoms with Crippen LogP contribution in [0.15, 0.2) is 36.9 Å². The number of halogens is 2. The molecule has 4 aromatic heterocycles. The van der Waals surface area contributed by atoms with Crippen LogP contribution in [0.2, 0.25) is 10.0 Å². The van der Waals surface area contributed by atoms with E-state index in [0.29, 0.717) is 35.6 Å². The highest BCUT2D eigenvalue weighted by Crippen LogP contribution is 2.29. The number of nitrogens with one attached hydrogen (secondary N) is 2. The topological polar surface area (TPSA) is 101 Å². The Morgan fingerprint density at radius 1 is 1.09 bits per heavy atom. The molecule has 1 aromatic carbocycles. The van der Waals surface area contributed by atoms with E-state index >= 15 is 0 Å². The molecule has 0 spiro atoms. The summed E-state index contributed by atoms with van der Waals surface area (Å²) in [5.41, 5.74) is 4.22. The van der Waals surface area contributed by atoms with Crippen molar-refractivity contribution in [2.75, 3.05) is 36.5 Å². The van der Waals surface area contributed by atoms with Crippen LogP contribution in [0, 0.1) is 0 Å². The van der Waals surface area contributed by atoms with E-state index in [1.54, 1.807) is 16.8 Å². The average molecular weight is 498 g/mol. The molecule has 1 fully saturated rings. The van der Waals surface area contributed by atoms with Crippen molar-refractivity contribution < 1.29 is 4.74 Å². The number of nitrogens with zero attached hydrogens (tertiary/aromatic N) is 7. The number of morpholine rings is 1. The smallest absolute Gasteiger partial charge is 0.180 e. The molecule has 6 rings (SSSR count). The summed E-state index contributed by atoms with van der Waals surface area (Å²) in [4.78, 5) is 19.7. The SMILES string of the molecule is Cn1cc(-c2cnc3c(NCc4nc5cc(Cl)c(Cl)cc5[nH]4)nc(N4CCOCC4)cn23)cn1. The van der Waals surface area contributed by atoms with E-state index in [2.05, 4.69) is 34.7 Å². The van der Waals surface area contributed by atoms with E-state index in [0.717, 1.165) is 52.7 Å². The summed E-state index contributed by atoms with van der Waals surface area (Å²) < 4.78 is 9.35. The third-order valence-electron chi connectivity index (χ3n) is 5.81. The fourth-order valence-electron chi connectivity index (χ4n) is 4.12. The molecule has 1 aliphatic heterocycles. The van der Waals surface area contributed by atoms with Gasteiger partial charge in [-0.05, 0) is 12.1 Å². The van der Waals surface area contributed by atoms with Crippen LogP contribution in [0.4, 0.5) is 11.6 Å². The van der Waals surface area contributed by atoms with E-state index in [-0.39, 0.29) is 0 Å². The number of imidazole rings is 2. The molecule has 0 bridgehead atoms. The minimum atomic E-state index is 0.425. The summed E-state index contributed by atoms with van der Waals surface area (Å²) >= 11 is 12.3. The van der Waals surface area contributed by atoms with Gasteiger partial charge in [-0.3, -0.25) is 9.08 Å². The van der Waals surface area contributed by atoms with Gasteiger partial charge in [0.05, 0.1) is 65.1 Å². The summed E-state index contributed by atoms with van der Waals surface area (Å²) in [5, 5.41) is 8.68. The zero-order chi connectivity index (χ0) is 23.2. The van der Waals surface area contributed by atoms with Crippen LogP contribution in [0.5, 0.6) is 0 Å². The molecular formula is C22H21Cl2N9O. The van der Waals surface area contributed by atoms with Gasteiger partial charge in [-0.2, -0.15) is 5.10 Å². The Balaban J connectivity index is 1.38. The van der Waals surface area contributed by atoms with Crippen molar-refractivity contribution in [1.29, 1.82) is 0 Å². The van der Waals surface area contributed by atoms with E-state index in [4.69, 9.17) is 32.9 Å². The summed E-state index contributed by atoms with van der Waals surface area (Å²) in [6.07, 6.45) is 7.66. The van der Waals surface area contributed by atoms with Gasteiger partial charge in [-0.15, -0.1) is 0 Å². The molecule has 5 heterocycles. The maximum absolute atomic E-state index is 6.14. The third-order valence-corrected chi connectivity index (χ3v) is 6.53. The fraction of sp³-hybridized carbons (Fsp3) is 0.273. The molecule has 0 radical (unpaired) electrons. The molecule has 0 amide bonds. The lowest BCUT2D eigenvalue weighted by atomic mass is 10.3. The minimum Gasteiger partial charge on any atom is -0.378 e. The number of hydrogen-bond acceptors (Lipinski definition) is 7. The maximum atomic E-state index is 6.14. The van der Waals surface area contributed by atoms with Gasteiger partial charge >= 0.3 is 0 Å². The number of benzene rings is 1. The first-order chi connectivity index (χ1) is 16.5. The van der Waals surface area contributed by atoms with Gasteiger partial charge < -0.3 is 19.9 Å². The maximum Gasteiger partial charge on any atom is 0.180 e. The standard InChI is InChI=1S/C22H21Cl2N9O/c1-31-11-13(8-27-31)18-9-26-22-21(30-20(12-33(18)22)32-2-4-34-5-3-32)25-10-19-28-16-6-14(23)15(24)7-17(16)29-19/h6-9,11-12H,2-5,10H2,1H3,(H,25,30)(H,28,29). The Kier molecular flexibility index (Phi) is 5.28. The molecule has 10 nitrogen and oxygen atoms in total. The first-order valence-electron chi connectivity index (χ1n) is 10.8. The van der Waals surface area contributed by atoms with Gasteiger partial charge in [0, 0.05) is 31.9 Å². The van der Waals surface area contributed by atoms with Crippen molar-refractivity contribution in [1.82, 2.24) is 34.1 Å². The number of aromatic amines is 1. The van der Waals surface area contributed by atoms with E-state index in [1.807, 2.05) is 31.8 Å². The summed E-state index contributed by atoms with van der Waals surface area (Å²) in [6, 6.07) is 3.53. The van der Waals surface area contributed by atoms with Crippen molar-refractivity contribution in [2.24, 2.45) is 7.05 Å². The Morgan fingerprint density at radius 2 is 1.91 bits per heavy atom. The van der Waals surface area contributed by atoms with Gasteiger partial charge in [0.2, 0.25) is 0 Å². The zero-order valence-electron chi connectivity index (χ0n) is 18.3. The molecule has 0 atom stereocenters. The first kappa shape index (κ1) is 21.2. The number of hydrogen-bond donors (Lipinski definition) is 2. The van der Waals surface area contributed by atoms with E-state index in [9.17, 15) is 0 Å². The van der Waals surface area contributed by atoms with Gasteiger partial charge in [0.15, 0.2) is 11.5 Å². The molecule has 34 heavy (non-hydrogen) atoms. The fourth-order valence-corrected chi connectivity index (χ4v) is 4.44. The molecule has 12 heteroatoms. The molecular weight excluding hydrogens is 477 g/mol. The first-order valence-corrected chi connectivity index (χ1v) is 11.6. The van der Waals surface area contributed by atoms with Crippen molar-refractivity contribution in [3.8, 4) is 11.3 Å². The summed E-state index contributed by atoms with van der Waals surface area (Å²) in [7, 11) is 1.90. The van der Waals surface area contributed by atoms with Crippen LogP contribution < -0.4 is 10.2 Å². The van der Waals surface area contributed by atoms with Crippen molar-refractivity contribution in [2.45, 2.75) is 6.54 Å². The van der Waals surface area contributed by atoms with Crippen LogP contribution in [-0.4, -0.2) is 60.4 Å². The van der Waals surface area contributed by atoms with Gasteiger partial charge in [0.25, 0.3) is 0 Å². The lowest BCUT2D eigenvalue weighted by molar-refractivity contribution is 0.122. The number of aryl methyl sites for hydroxylation is 1. The monoisotopic (exact) mass is 497 g/mol. The molecule has 0 saturated carbocycles. The lowest BCUT2D eigenvalue weighted by Gasteiger charge is -2.28. The molecule has 0 unspecified atom stereocenters. The molecule has 0 aliphatic carbocycles. The van der Waals surface area contributed by atoms with Gasteiger partial charge in [-0.25, -0.2) is 15.0 Å². The Labute approximate surface area is 204 Å². The second kappa shape index (κ2) is 8.46. The Hall–Kier alpha value is -3.34. The number of fused-ring (bicyclic) bond motifs is 2. The van der Waals surface area contributed by atoms with Crippen molar-refractivity contribution in [3.63, 3.8) is 0 Å². The number of H-pyrrole nitrogens is 1. The Morgan fingerprint density at radius 3 is 2.71 bits per heavy atom. The predicted molar refractivity (Wildman–Crippen MR) is 132 cm³/mol. The summed E-state index contributed by atoms with van der Waals surface area (Å²) in [5.74, 6) is 2.25. The number of ether oxygens (including phenoxy) is 1. The summed E-state index contributed by atoms with van der Waals surface area (Å²) in [6.45, 7) is 3.33. The average Bonchev–Trinajstić information content (AvgIpc) is 3.56. The molecule has 1 saturated heterocycles. The second-order valence-corrected chi connectivity index (χ2v) is 8.92. The highest BCUT2D eigenvalue weighted by molar-refractivity contribution is 6.42. The molecule has 1 aliphatic rings. The number of aromatic nitrogens is 7.